The number of ether oxygens (including phenoxy) is 2. The summed E-state index contributed by atoms with van der Waals surface area (Å²) in [7, 11) is 0. The zero-order chi connectivity index (χ0) is 13.4. The van der Waals surface area contributed by atoms with Crippen molar-refractivity contribution in [2.45, 2.75) is 46.4 Å². The SMILES string of the molecule is CCNCc1ccc(COCCOC(C)(C)C)o1. The Morgan fingerprint density at radius 3 is 2.56 bits per heavy atom. The van der Waals surface area contributed by atoms with Crippen molar-refractivity contribution >= 4 is 0 Å². The smallest absolute Gasteiger partial charge is 0.129 e. The summed E-state index contributed by atoms with van der Waals surface area (Å²) in [6.45, 7) is 11.6. The highest BCUT2D eigenvalue weighted by Gasteiger charge is 2.09. The van der Waals surface area contributed by atoms with Gasteiger partial charge in [0.05, 0.1) is 25.4 Å². The molecule has 1 aromatic rings. The van der Waals surface area contributed by atoms with E-state index in [9.17, 15) is 0 Å². The molecule has 0 unspecified atom stereocenters. The standard InChI is InChI=1S/C14H25NO3/c1-5-15-10-12-6-7-13(18-12)11-16-8-9-17-14(2,3)4/h6-7,15H,5,8-11H2,1-4H3. The van der Waals surface area contributed by atoms with E-state index in [1.165, 1.54) is 0 Å². The Balaban J connectivity index is 2.13. The molecule has 0 aliphatic rings. The lowest BCUT2D eigenvalue weighted by Crippen LogP contribution is -2.21. The van der Waals surface area contributed by atoms with Crippen LogP contribution in [-0.2, 0) is 22.6 Å². The maximum atomic E-state index is 5.60. The van der Waals surface area contributed by atoms with E-state index >= 15 is 0 Å². The molecule has 0 saturated heterocycles. The molecule has 104 valence electrons. The second kappa shape index (κ2) is 7.56. The van der Waals surface area contributed by atoms with Crippen LogP contribution in [0.5, 0.6) is 0 Å². The van der Waals surface area contributed by atoms with Crippen LogP contribution in [0.4, 0.5) is 0 Å². The van der Waals surface area contributed by atoms with Crippen molar-refractivity contribution < 1.29 is 13.9 Å². The molecule has 0 radical (unpaired) electrons. The average molecular weight is 255 g/mol. The minimum atomic E-state index is -0.104. The predicted molar refractivity (Wildman–Crippen MR) is 71.4 cm³/mol. The van der Waals surface area contributed by atoms with Gasteiger partial charge < -0.3 is 19.2 Å². The molecule has 0 saturated carbocycles. The Labute approximate surface area is 110 Å². The van der Waals surface area contributed by atoms with Crippen LogP contribution in [0.3, 0.4) is 0 Å². The maximum Gasteiger partial charge on any atom is 0.129 e. The molecule has 0 aromatic carbocycles. The van der Waals surface area contributed by atoms with Crippen LogP contribution in [0.1, 0.15) is 39.2 Å². The zero-order valence-electron chi connectivity index (χ0n) is 11.9. The first kappa shape index (κ1) is 15.2. The van der Waals surface area contributed by atoms with Gasteiger partial charge in [-0.1, -0.05) is 6.92 Å². The van der Waals surface area contributed by atoms with Crippen LogP contribution in [-0.4, -0.2) is 25.4 Å². The third-order valence-corrected chi connectivity index (χ3v) is 2.27. The lowest BCUT2D eigenvalue weighted by atomic mass is 10.2. The summed E-state index contributed by atoms with van der Waals surface area (Å²) in [5.41, 5.74) is -0.104. The van der Waals surface area contributed by atoms with Crippen molar-refractivity contribution in [2.24, 2.45) is 0 Å². The highest BCUT2D eigenvalue weighted by Crippen LogP contribution is 2.09. The summed E-state index contributed by atoms with van der Waals surface area (Å²) in [4.78, 5) is 0. The molecule has 4 nitrogen and oxygen atoms in total. The minimum Gasteiger partial charge on any atom is -0.462 e. The van der Waals surface area contributed by atoms with Crippen LogP contribution < -0.4 is 5.32 Å². The van der Waals surface area contributed by atoms with Crippen LogP contribution in [0, 0.1) is 0 Å². The van der Waals surface area contributed by atoms with Crippen molar-refractivity contribution in [1.82, 2.24) is 5.32 Å². The Morgan fingerprint density at radius 2 is 1.89 bits per heavy atom. The fourth-order valence-electron chi connectivity index (χ4n) is 1.42. The fourth-order valence-corrected chi connectivity index (χ4v) is 1.42. The van der Waals surface area contributed by atoms with Crippen molar-refractivity contribution in [3.8, 4) is 0 Å². The second-order valence-electron chi connectivity index (χ2n) is 5.16. The molecule has 1 N–H and O–H groups in total. The van der Waals surface area contributed by atoms with Gasteiger partial charge in [0, 0.05) is 0 Å². The Bertz CT molecular complexity index is 328. The molecule has 0 bridgehead atoms. The monoisotopic (exact) mass is 255 g/mol. The number of furan rings is 1. The molecular formula is C14H25NO3. The fraction of sp³-hybridized carbons (Fsp3) is 0.714. The van der Waals surface area contributed by atoms with Gasteiger partial charge in [-0.25, -0.2) is 0 Å². The molecule has 1 rings (SSSR count). The molecule has 1 heterocycles. The lowest BCUT2D eigenvalue weighted by Gasteiger charge is -2.19. The van der Waals surface area contributed by atoms with Gasteiger partial charge in [-0.2, -0.15) is 0 Å². The maximum absolute atomic E-state index is 5.60. The summed E-state index contributed by atoms with van der Waals surface area (Å²) < 4.78 is 16.7. The van der Waals surface area contributed by atoms with E-state index in [2.05, 4.69) is 12.2 Å². The highest BCUT2D eigenvalue weighted by molar-refractivity contribution is 5.06. The number of hydrogen-bond donors (Lipinski definition) is 1. The van der Waals surface area contributed by atoms with Crippen molar-refractivity contribution in [3.05, 3.63) is 23.7 Å². The summed E-state index contributed by atoms with van der Waals surface area (Å²) in [6, 6.07) is 3.93. The molecular weight excluding hydrogens is 230 g/mol. The Morgan fingerprint density at radius 1 is 1.17 bits per heavy atom. The van der Waals surface area contributed by atoms with Gasteiger partial charge in [-0.15, -0.1) is 0 Å². The van der Waals surface area contributed by atoms with E-state index in [0.717, 1.165) is 24.6 Å². The average Bonchev–Trinajstić information content (AvgIpc) is 2.72. The van der Waals surface area contributed by atoms with E-state index in [1.807, 2.05) is 32.9 Å². The van der Waals surface area contributed by atoms with Crippen LogP contribution >= 0.6 is 0 Å². The first-order valence-electron chi connectivity index (χ1n) is 6.51. The molecule has 0 atom stereocenters. The first-order valence-corrected chi connectivity index (χ1v) is 6.51. The highest BCUT2D eigenvalue weighted by atomic mass is 16.5. The molecule has 0 spiro atoms. The molecule has 0 amide bonds. The topological polar surface area (TPSA) is 43.6 Å². The Hall–Kier alpha value is -0.840. The second-order valence-corrected chi connectivity index (χ2v) is 5.16. The molecule has 1 aromatic heterocycles. The molecule has 0 fully saturated rings. The van der Waals surface area contributed by atoms with Gasteiger partial charge in [-0.05, 0) is 39.4 Å². The van der Waals surface area contributed by atoms with E-state index in [0.29, 0.717) is 19.8 Å². The van der Waals surface area contributed by atoms with Gasteiger partial charge in [0.25, 0.3) is 0 Å². The lowest BCUT2D eigenvalue weighted by molar-refractivity contribution is -0.0395. The molecule has 18 heavy (non-hydrogen) atoms. The van der Waals surface area contributed by atoms with Gasteiger partial charge in [-0.3, -0.25) is 0 Å². The third kappa shape index (κ3) is 6.79. The van der Waals surface area contributed by atoms with Crippen molar-refractivity contribution in [1.29, 1.82) is 0 Å². The summed E-state index contributed by atoms with van der Waals surface area (Å²) in [6.07, 6.45) is 0. The normalized spacial score (nSPS) is 12.0. The van der Waals surface area contributed by atoms with Gasteiger partial charge in [0.1, 0.15) is 18.1 Å². The zero-order valence-corrected chi connectivity index (χ0v) is 11.9. The van der Waals surface area contributed by atoms with Crippen LogP contribution in [0.2, 0.25) is 0 Å². The van der Waals surface area contributed by atoms with E-state index in [4.69, 9.17) is 13.9 Å². The van der Waals surface area contributed by atoms with E-state index < -0.39 is 0 Å². The summed E-state index contributed by atoms with van der Waals surface area (Å²) in [5, 5.41) is 3.22. The number of nitrogens with one attached hydrogen (secondary N) is 1. The van der Waals surface area contributed by atoms with Crippen molar-refractivity contribution in [2.75, 3.05) is 19.8 Å². The third-order valence-electron chi connectivity index (χ3n) is 2.27. The Kier molecular flexibility index (Phi) is 6.39. The molecule has 0 aliphatic carbocycles. The van der Waals surface area contributed by atoms with Gasteiger partial charge in [0.15, 0.2) is 0 Å². The van der Waals surface area contributed by atoms with Gasteiger partial charge in [0.2, 0.25) is 0 Å². The molecule has 4 heteroatoms. The summed E-state index contributed by atoms with van der Waals surface area (Å²) in [5.74, 6) is 1.81. The number of rotatable bonds is 8. The number of hydrogen-bond acceptors (Lipinski definition) is 4. The van der Waals surface area contributed by atoms with E-state index in [-0.39, 0.29) is 5.60 Å². The van der Waals surface area contributed by atoms with Crippen molar-refractivity contribution in [3.63, 3.8) is 0 Å². The predicted octanol–water partition coefficient (Wildman–Crippen LogP) is 2.72. The van der Waals surface area contributed by atoms with Gasteiger partial charge >= 0.3 is 0 Å². The van der Waals surface area contributed by atoms with Crippen LogP contribution in [0.25, 0.3) is 0 Å². The largest absolute Gasteiger partial charge is 0.462 e. The molecule has 0 aliphatic heterocycles. The minimum absolute atomic E-state index is 0.104. The first-order chi connectivity index (χ1) is 8.51. The quantitative estimate of drug-likeness (QED) is 0.725. The van der Waals surface area contributed by atoms with E-state index in [1.54, 1.807) is 0 Å². The van der Waals surface area contributed by atoms with Crippen LogP contribution in [0.15, 0.2) is 16.5 Å². The summed E-state index contributed by atoms with van der Waals surface area (Å²) >= 11 is 0.